The summed E-state index contributed by atoms with van der Waals surface area (Å²) in [4.78, 5) is 24.4. The van der Waals surface area contributed by atoms with E-state index in [4.69, 9.17) is 4.74 Å². The Morgan fingerprint density at radius 3 is 1.28 bits per heavy atom. The molecule has 0 saturated carbocycles. The number of hydrogen-bond donors (Lipinski definition) is 3. The Morgan fingerprint density at radius 1 is 0.467 bits per heavy atom. The Labute approximate surface area is 372 Å². The summed E-state index contributed by atoms with van der Waals surface area (Å²) in [5.74, 6) is -0.0847. The largest absolute Gasteiger partial charge is 0.466 e. The summed E-state index contributed by atoms with van der Waals surface area (Å²) in [6.07, 6.45) is 60.8. The molecule has 0 aromatic rings. The van der Waals surface area contributed by atoms with Crippen molar-refractivity contribution in [1.82, 2.24) is 5.32 Å². The van der Waals surface area contributed by atoms with Gasteiger partial charge in [0.1, 0.15) is 0 Å². The van der Waals surface area contributed by atoms with E-state index in [0.717, 1.165) is 96.3 Å². The molecule has 0 rings (SSSR count). The van der Waals surface area contributed by atoms with E-state index in [0.29, 0.717) is 25.9 Å². The highest BCUT2D eigenvalue weighted by atomic mass is 16.5. The van der Waals surface area contributed by atoms with Gasteiger partial charge in [0.2, 0.25) is 5.91 Å². The van der Waals surface area contributed by atoms with Gasteiger partial charge in [-0.25, -0.2) is 0 Å². The van der Waals surface area contributed by atoms with E-state index < -0.39 is 12.1 Å². The number of amides is 1. The van der Waals surface area contributed by atoms with Gasteiger partial charge < -0.3 is 20.3 Å². The minimum Gasteiger partial charge on any atom is -0.466 e. The molecule has 0 spiro atoms. The minimum absolute atomic E-state index is 0.0299. The van der Waals surface area contributed by atoms with Crippen LogP contribution in [-0.4, -0.2) is 47.4 Å². The normalized spacial score (nSPS) is 13.1. The Bertz CT molecular complexity index is 1020. The summed E-state index contributed by atoms with van der Waals surface area (Å²) >= 11 is 0. The Hall–Kier alpha value is -2.18. The quantitative estimate of drug-likeness (QED) is 0.0322. The highest BCUT2D eigenvalue weighted by Crippen LogP contribution is 2.15. The van der Waals surface area contributed by atoms with Crippen LogP contribution in [0, 0.1) is 0 Å². The summed E-state index contributed by atoms with van der Waals surface area (Å²) in [7, 11) is 0. The van der Waals surface area contributed by atoms with Crippen molar-refractivity contribution in [2.45, 2.75) is 270 Å². The van der Waals surface area contributed by atoms with Gasteiger partial charge in [0.05, 0.1) is 25.4 Å². The zero-order chi connectivity index (χ0) is 43.7. The van der Waals surface area contributed by atoms with Crippen LogP contribution in [-0.2, 0) is 14.3 Å². The van der Waals surface area contributed by atoms with E-state index >= 15 is 0 Å². The summed E-state index contributed by atoms with van der Waals surface area (Å²) in [6, 6.07) is -0.553. The second kappa shape index (κ2) is 49.5. The van der Waals surface area contributed by atoms with Gasteiger partial charge >= 0.3 is 5.97 Å². The zero-order valence-electron chi connectivity index (χ0n) is 39.7. The first-order valence-corrected chi connectivity index (χ1v) is 25.9. The van der Waals surface area contributed by atoms with Crippen molar-refractivity contribution in [3.05, 3.63) is 48.6 Å². The molecule has 0 aliphatic carbocycles. The SMILES string of the molecule is CCCCCC/C=C\C/C=C\CCCCCCCC(=O)OCCCCC/C=C\C/C=C\CCCCCCCCCC(=O)NC(CO)C(O)CCCCCCCCCCCC. The van der Waals surface area contributed by atoms with Gasteiger partial charge in [-0.15, -0.1) is 0 Å². The van der Waals surface area contributed by atoms with Gasteiger partial charge in [-0.05, 0) is 96.3 Å². The number of aliphatic hydroxyl groups excluding tert-OH is 2. The predicted molar refractivity (Wildman–Crippen MR) is 259 cm³/mol. The summed E-state index contributed by atoms with van der Waals surface area (Å²) < 4.78 is 5.44. The average Bonchev–Trinajstić information content (AvgIpc) is 3.25. The molecule has 0 radical (unpaired) electrons. The number of hydrogen-bond acceptors (Lipinski definition) is 5. The highest BCUT2D eigenvalue weighted by molar-refractivity contribution is 5.76. The first kappa shape index (κ1) is 57.8. The van der Waals surface area contributed by atoms with Crippen LogP contribution in [0.2, 0.25) is 0 Å². The molecule has 0 aliphatic rings. The van der Waals surface area contributed by atoms with Crippen LogP contribution in [0.4, 0.5) is 0 Å². The van der Waals surface area contributed by atoms with Crippen molar-refractivity contribution >= 4 is 11.9 Å². The van der Waals surface area contributed by atoms with E-state index in [-0.39, 0.29) is 18.5 Å². The molecule has 0 fully saturated rings. The predicted octanol–water partition coefficient (Wildman–Crippen LogP) is 15.5. The van der Waals surface area contributed by atoms with Crippen LogP contribution in [0.1, 0.15) is 258 Å². The monoisotopic (exact) mass is 842 g/mol. The van der Waals surface area contributed by atoms with Crippen molar-refractivity contribution in [2.75, 3.05) is 13.2 Å². The first-order valence-electron chi connectivity index (χ1n) is 25.9. The molecule has 6 nitrogen and oxygen atoms in total. The van der Waals surface area contributed by atoms with Crippen LogP contribution in [0.15, 0.2) is 48.6 Å². The Kier molecular flexibility index (Phi) is 47.7. The maximum atomic E-state index is 12.4. The standard InChI is InChI=1S/C54H99NO5/c1-3-5-7-9-11-13-15-16-17-22-25-28-32-36-40-44-48-54(59)60-49-45-41-37-33-29-26-23-20-18-19-21-24-27-31-35-39-43-47-53(58)55-51(50-56)52(57)46-42-38-34-30-14-12-10-8-6-4-2/h13,15,17-18,20,22,26,29,51-52,56-57H,3-12,14,16,19,21,23-25,27-28,30-50H2,1-2H3,(H,55,58)/b15-13-,20-18-,22-17-,29-26-. The molecule has 0 saturated heterocycles. The molecular weight excluding hydrogens is 743 g/mol. The van der Waals surface area contributed by atoms with Crippen molar-refractivity contribution in [3.8, 4) is 0 Å². The molecule has 2 atom stereocenters. The zero-order valence-corrected chi connectivity index (χ0v) is 39.7. The van der Waals surface area contributed by atoms with Gasteiger partial charge in [0.25, 0.3) is 0 Å². The summed E-state index contributed by atoms with van der Waals surface area (Å²) in [5, 5.41) is 23.1. The fraction of sp³-hybridized carbons (Fsp3) is 0.815. The van der Waals surface area contributed by atoms with Gasteiger partial charge in [0, 0.05) is 12.8 Å². The van der Waals surface area contributed by atoms with Gasteiger partial charge in [-0.1, -0.05) is 197 Å². The minimum atomic E-state index is -0.674. The topological polar surface area (TPSA) is 95.9 Å². The molecule has 6 heteroatoms. The average molecular weight is 842 g/mol. The van der Waals surface area contributed by atoms with Crippen molar-refractivity contribution in [2.24, 2.45) is 0 Å². The second-order valence-electron chi connectivity index (χ2n) is 17.5. The summed E-state index contributed by atoms with van der Waals surface area (Å²) in [6.45, 7) is 4.86. The molecule has 2 unspecified atom stereocenters. The van der Waals surface area contributed by atoms with Crippen molar-refractivity contribution in [1.29, 1.82) is 0 Å². The lowest BCUT2D eigenvalue weighted by atomic mass is 10.0. The molecule has 0 bridgehead atoms. The van der Waals surface area contributed by atoms with Crippen molar-refractivity contribution < 1.29 is 24.5 Å². The Morgan fingerprint density at radius 2 is 0.833 bits per heavy atom. The number of ether oxygens (including phenoxy) is 1. The van der Waals surface area contributed by atoms with Crippen LogP contribution in [0.5, 0.6) is 0 Å². The fourth-order valence-electron chi connectivity index (χ4n) is 7.58. The number of carbonyl (C=O) groups is 2. The molecule has 0 aromatic heterocycles. The highest BCUT2D eigenvalue weighted by Gasteiger charge is 2.20. The fourth-order valence-corrected chi connectivity index (χ4v) is 7.58. The van der Waals surface area contributed by atoms with Crippen LogP contribution in [0.3, 0.4) is 0 Å². The molecule has 0 aliphatic heterocycles. The number of allylic oxidation sites excluding steroid dienone is 8. The third kappa shape index (κ3) is 45.3. The van der Waals surface area contributed by atoms with Gasteiger partial charge in [-0.2, -0.15) is 0 Å². The van der Waals surface area contributed by atoms with E-state index in [1.807, 2.05) is 0 Å². The third-order valence-corrected chi connectivity index (χ3v) is 11.6. The molecule has 1 amide bonds. The molecule has 3 N–H and O–H groups in total. The van der Waals surface area contributed by atoms with E-state index in [2.05, 4.69) is 67.8 Å². The van der Waals surface area contributed by atoms with E-state index in [9.17, 15) is 19.8 Å². The van der Waals surface area contributed by atoms with E-state index in [1.54, 1.807) is 0 Å². The Balaban J connectivity index is 3.51. The smallest absolute Gasteiger partial charge is 0.305 e. The van der Waals surface area contributed by atoms with E-state index in [1.165, 1.54) is 128 Å². The number of esters is 1. The maximum absolute atomic E-state index is 12.4. The van der Waals surface area contributed by atoms with Crippen LogP contribution >= 0.6 is 0 Å². The second-order valence-corrected chi connectivity index (χ2v) is 17.5. The van der Waals surface area contributed by atoms with Crippen LogP contribution < -0.4 is 5.32 Å². The van der Waals surface area contributed by atoms with Crippen molar-refractivity contribution in [3.63, 3.8) is 0 Å². The summed E-state index contributed by atoms with van der Waals surface area (Å²) in [5.41, 5.74) is 0. The number of carbonyl (C=O) groups excluding carboxylic acids is 2. The number of aliphatic hydroxyl groups is 2. The maximum Gasteiger partial charge on any atom is 0.305 e. The molecule has 0 aromatic carbocycles. The lowest BCUT2D eigenvalue weighted by Gasteiger charge is -2.22. The number of rotatable bonds is 47. The lowest BCUT2D eigenvalue weighted by molar-refractivity contribution is -0.143. The van der Waals surface area contributed by atoms with Gasteiger partial charge in [0.15, 0.2) is 0 Å². The molecule has 60 heavy (non-hydrogen) atoms. The van der Waals surface area contributed by atoms with Gasteiger partial charge in [-0.3, -0.25) is 9.59 Å². The number of nitrogens with one attached hydrogen (secondary N) is 1. The number of unbranched alkanes of at least 4 members (excludes halogenated alkanes) is 28. The molecule has 350 valence electrons. The molecule has 0 heterocycles. The van der Waals surface area contributed by atoms with Crippen LogP contribution in [0.25, 0.3) is 0 Å². The first-order chi connectivity index (χ1) is 29.5. The lowest BCUT2D eigenvalue weighted by Crippen LogP contribution is -2.45. The third-order valence-electron chi connectivity index (χ3n) is 11.6. The molecular formula is C54H99NO5.